The average Bonchev–Trinajstić information content (AvgIpc) is 2.55. The molecule has 0 saturated carbocycles. The summed E-state index contributed by atoms with van der Waals surface area (Å²) in [5.41, 5.74) is 1.78. The standard InChI is InChI=1S/2C8H5Cl2N.BFH2O2/c2*9-7-2-1-6(3-4-11)5-8(7)10;2-1(3)4/h2*1-2,5H,3H2;3-4H. The Morgan fingerprint density at radius 1 is 0.769 bits per heavy atom. The monoisotopic (exact) mass is 434 g/mol. The largest absolute Gasteiger partial charge is 0.674 e. The SMILES string of the molecule is N#CCc1ccc(Cl)c(Cl)c1.N#CCc1ccc(Cl)c(Cl)c1.OB(O)F. The maximum absolute atomic E-state index is 10.1. The van der Waals surface area contributed by atoms with Gasteiger partial charge in [0.05, 0.1) is 45.1 Å². The molecule has 2 aromatic rings. The molecular formula is C16H12BCl4FN2O2. The molecule has 2 N–H and O–H groups in total. The van der Waals surface area contributed by atoms with Gasteiger partial charge in [-0.3, -0.25) is 4.32 Å². The highest BCUT2D eigenvalue weighted by atomic mass is 35.5. The number of nitriles is 2. The van der Waals surface area contributed by atoms with E-state index in [2.05, 4.69) is 0 Å². The molecule has 0 radical (unpaired) electrons. The molecule has 2 aromatic carbocycles. The van der Waals surface area contributed by atoms with Crippen molar-refractivity contribution >= 4 is 53.8 Å². The first-order valence-corrected chi connectivity index (χ1v) is 8.34. The summed E-state index contributed by atoms with van der Waals surface area (Å²) in [5, 5.41) is 32.6. The third kappa shape index (κ3) is 11.2. The van der Waals surface area contributed by atoms with Gasteiger partial charge in [-0.1, -0.05) is 58.5 Å². The van der Waals surface area contributed by atoms with Gasteiger partial charge in [-0.05, 0) is 35.4 Å². The van der Waals surface area contributed by atoms with Crippen LogP contribution in [-0.2, 0) is 12.8 Å². The molecular weight excluding hydrogens is 424 g/mol. The lowest BCUT2D eigenvalue weighted by Crippen LogP contribution is -1.98. The van der Waals surface area contributed by atoms with Crippen molar-refractivity contribution in [1.29, 1.82) is 10.5 Å². The Morgan fingerprint density at radius 2 is 1.08 bits per heavy atom. The zero-order valence-electron chi connectivity index (χ0n) is 13.1. The van der Waals surface area contributed by atoms with Crippen molar-refractivity contribution in [2.24, 2.45) is 0 Å². The van der Waals surface area contributed by atoms with E-state index >= 15 is 0 Å². The van der Waals surface area contributed by atoms with E-state index in [1.165, 1.54) is 0 Å². The normalized spacial score (nSPS) is 8.81. The van der Waals surface area contributed by atoms with Crippen LogP contribution in [0.15, 0.2) is 36.4 Å². The number of hydrogen-bond donors (Lipinski definition) is 2. The minimum Gasteiger partial charge on any atom is -0.398 e. The van der Waals surface area contributed by atoms with Crippen molar-refractivity contribution in [2.75, 3.05) is 0 Å². The Morgan fingerprint density at radius 3 is 1.31 bits per heavy atom. The lowest BCUT2D eigenvalue weighted by molar-refractivity contribution is 0.340. The third-order valence-corrected chi connectivity index (χ3v) is 4.01. The van der Waals surface area contributed by atoms with Crippen LogP contribution in [0.1, 0.15) is 11.1 Å². The summed E-state index contributed by atoms with van der Waals surface area (Å²) in [6, 6.07) is 14.4. The summed E-state index contributed by atoms with van der Waals surface area (Å²) in [5.74, 6) is 0. The summed E-state index contributed by atoms with van der Waals surface area (Å²) in [6.07, 6.45) is 0.744. The number of nitrogens with zero attached hydrogens (tertiary/aromatic N) is 2. The smallest absolute Gasteiger partial charge is 0.398 e. The molecule has 0 atom stereocenters. The van der Waals surface area contributed by atoms with E-state index < -0.39 is 7.40 Å². The van der Waals surface area contributed by atoms with E-state index in [-0.39, 0.29) is 0 Å². The fourth-order valence-corrected chi connectivity index (χ4v) is 2.12. The Hall–Kier alpha value is -1.51. The summed E-state index contributed by atoms with van der Waals surface area (Å²) < 4.78 is 10.1. The summed E-state index contributed by atoms with van der Waals surface area (Å²) in [4.78, 5) is 0. The molecule has 2 rings (SSSR count). The Balaban J connectivity index is 0.000000401. The Kier molecular flexibility index (Phi) is 12.9. The molecule has 136 valence electrons. The topological polar surface area (TPSA) is 88.0 Å². The lowest BCUT2D eigenvalue weighted by atomic mass is 10.2. The van der Waals surface area contributed by atoms with Gasteiger partial charge in [-0.25, -0.2) is 0 Å². The molecule has 26 heavy (non-hydrogen) atoms. The van der Waals surface area contributed by atoms with E-state index in [0.29, 0.717) is 32.9 Å². The Bertz CT molecular complexity index is 729. The van der Waals surface area contributed by atoms with Gasteiger partial charge < -0.3 is 10.0 Å². The second kappa shape index (κ2) is 13.7. The molecule has 0 aliphatic heterocycles. The number of benzene rings is 2. The van der Waals surface area contributed by atoms with Crippen LogP contribution < -0.4 is 0 Å². The van der Waals surface area contributed by atoms with E-state index in [0.717, 1.165) is 11.1 Å². The van der Waals surface area contributed by atoms with Gasteiger partial charge in [0.2, 0.25) is 0 Å². The summed E-state index contributed by atoms with van der Waals surface area (Å²) in [6.45, 7) is 0. The van der Waals surface area contributed by atoms with Crippen molar-refractivity contribution in [3.63, 3.8) is 0 Å². The molecule has 0 aliphatic carbocycles. The first-order valence-electron chi connectivity index (χ1n) is 6.83. The molecule has 0 aliphatic rings. The maximum Gasteiger partial charge on any atom is 0.674 e. The van der Waals surface area contributed by atoms with Crippen LogP contribution in [0.2, 0.25) is 20.1 Å². The molecule has 0 amide bonds. The van der Waals surface area contributed by atoms with Crippen molar-refractivity contribution < 1.29 is 14.4 Å². The van der Waals surface area contributed by atoms with E-state index in [9.17, 15) is 4.32 Å². The number of rotatable bonds is 2. The van der Waals surface area contributed by atoms with Crippen LogP contribution in [0, 0.1) is 22.7 Å². The molecule has 0 saturated heterocycles. The van der Waals surface area contributed by atoms with E-state index in [1.54, 1.807) is 36.4 Å². The number of hydrogen-bond acceptors (Lipinski definition) is 4. The second-order valence-corrected chi connectivity index (χ2v) is 6.11. The van der Waals surface area contributed by atoms with Gasteiger partial charge in [0.15, 0.2) is 0 Å². The second-order valence-electron chi connectivity index (χ2n) is 4.48. The molecule has 0 spiro atoms. The minimum absolute atomic E-state index is 0.372. The van der Waals surface area contributed by atoms with Gasteiger partial charge in [-0.2, -0.15) is 10.5 Å². The van der Waals surface area contributed by atoms with Crippen LogP contribution in [-0.4, -0.2) is 17.4 Å². The zero-order valence-corrected chi connectivity index (χ0v) is 16.2. The van der Waals surface area contributed by atoms with Gasteiger partial charge >= 0.3 is 7.40 Å². The molecule has 0 aromatic heterocycles. The van der Waals surface area contributed by atoms with Crippen LogP contribution in [0.3, 0.4) is 0 Å². The predicted octanol–water partition coefficient (Wildman–Crippen LogP) is 5.04. The molecule has 4 nitrogen and oxygen atoms in total. The fourth-order valence-electron chi connectivity index (χ4n) is 1.48. The highest BCUT2D eigenvalue weighted by Crippen LogP contribution is 2.23. The first-order chi connectivity index (χ1) is 12.2. The van der Waals surface area contributed by atoms with Crippen molar-refractivity contribution in [3.8, 4) is 12.1 Å². The third-order valence-electron chi connectivity index (χ3n) is 2.53. The van der Waals surface area contributed by atoms with Crippen molar-refractivity contribution in [1.82, 2.24) is 0 Å². The van der Waals surface area contributed by atoms with Crippen LogP contribution in [0.5, 0.6) is 0 Å². The van der Waals surface area contributed by atoms with E-state index in [4.69, 9.17) is 67.0 Å². The van der Waals surface area contributed by atoms with Gasteiger partial charge in [0, 0.05) is 0 Å². The van der Waals surface area contributed by atoms with Gasteiger partial charge in [0.1, 0.15) is 0 Å². The van der Waals surface area contributed by atoms with E-state index in [1.807, 2.05) is 12.1 Å². The summed E-state index contributed by atoms with van der Waals surface area (Å²) in [7, 11) is -2.67. The fraction of sp³-hybridized carbons (Fsp3) is 0.125. The first kappa shape index (κ1) is 24.5. The van der Waals surface area contributed by atoms with Crippen LogP contribution in [0.25, 0.3) is 0 Å². The zero-order chi connectivity index (χ0) is 20.1. The Labute approximate surface area is 171 Å². The van der Waals surface area contributed by atoms with Gasteiger partial charge in [0.25, 0.3) is 0 Å². The van der Waals surface area contributed by atoms with Gasteiger partial charge in [-0.15, -0.1) is 0 Å². The molecule has 10 heteroatoms. The molecule has 0 heterocycles. The quantitative estimate of drug-likeness (QED) is 0.646. The molecule has 0 fully saturated rings. The number of halogens is 5. The molecule has 0 unspecified atom stereocenters. The van der Waals surface area contributed by atoms with Crippen LogP contribution >= 0.6 is 46.4 Å². The molecule has 0 bridgehead atoms. The highest BCUT2D eigenvalue weighted by molar-refractivity contribution is 6.42. The predicted molar refractivity (Wildman–Crippen MR) is 103 cm³/mol. The average molecular weight is 436 g/mol. The minimum atomic E-state index is -2.67. The van der Waals surface area contributed by atoms with Crippen molar-refractivity contribution in [2.45, 2.75) is 12.8 Å². The summed E-state index contributed by atoms with van der Waals surface area (Å²) >= 11 is 22.7. The highest BCUT2D eigenvalue weighted by Gasteiger charge is 1.98. The van der Waals surface area contributed by atoms with Crippen LogP contribution in [0.4, 0.5) is 4.32 Å². The van der Waals surface area contributed by atoms with Crippen molar-refractivity contribution in [3.05, 3.63) is 67.6 Å². The lowest BCUT2D eigenvalue weighted by Gasteiger charge is -1.96. The maximum atomic E-state index is 10.1.